The molecule has 2 aromatic carbocycles. The fourth-order valence-corrected chi connectivity index (χ4v) is 2.74. The monoisotopic (exact) mass is 351 g/mol. The third-order valence-corrected chi connectivity index (χ3v) is 4.90. The molecule has 0 saturated heterocycles. The Hall–Kier alpha value is -2.62. The minimum absolute atomic E-state index is 0.0371. The van der Waals surface area contributed by atoms with E-state index in [-0.39, 0.29) is 5.91 Å². The predicted molar refractivity (Wildman–Crippen MR) is 109 cm³/mol. The first-order chi connectivity index (χ1) is 12.3. The molecule has 0 bridgehead atoms. The summed E-state index contributed by atoms with van der Waals surface area (Å²) in [7, 11) is 3.84. The largest absolute Gasteiger partial charge is 0.366 e. The molecule has 0 aliphatic carbocycles. The maximum atomic E-state index is 12.9. The second-order valence-corrected chi connectivity index (χ2v) is 6.79. The number of benzene rings is 2. The number of hydrogen-bond acceptors (Lipinski definition) is 2. The van der Waals surface area contributed by atoms with Crippen molar-refractivity contribution < 1.29 is 4.79 Å². The number of amides is 1. The Morgan fingerprint density at radius 3 is 2.38 bits per heavy atom. The second-order valence-electron chi connectivity index (χ2n) is 6.79. The molecule has 0 aliphatic heterocycles. The van der Waals surface area contributed by atoms with Crippen LogP contribution in [-0.4, -0.2) is 42.7 Å². The van der Waals surface area contributed by atoms with Crippen LogP contribution in [0.2, 0.25) is 0 Å². The maximum absolute atomic E-state index is 12.9. The quantitative estimate of drug-likeness (QED) is 0.568. The van der Waals surface area contributed by atoms with Crippen LogP contribution in [0.3, 0.4) is 0 Å². The highest BCUT2D eigenvalue weighted by molar-refractivity contribution is 5.96. The summed E-state index contributed by atoms with van der Waals surface area (Å²) >= 11 is 0. The van der Waals surface area contributed by atoms with E-state index in [2.05, 4.69) is 31.0 Å². The van der Waals surface area contributed by atoms with E-state index in [1.807, 2.05) is 63.4 Å². The minimum atomic E-state index is 0.0371. The summed E-state index contributed by atoms with van der Waals surface area (Å²) in [5.41, 5.74) is 6.04. The summed E-state index contributed by atoms with van der Waals surface area (Å²) in [6.07, 6.45) is 1.83. The smallest absolute Gasteiger partial charge is 0.254 e. The highest BCUT2D eigenvalue weighted by atomic mass is 16.2. The lowest BCUT2D eigenvalue weighted by Gasteiger charge is -2.20. The minimum Gasteiger partial charge on any atom is -0.366 e. The Kier molecular flexibility index (Phi) is 6.56. The highest BCUT2D eigenvalue weighted by Gasteiger charge is 2.17. The summed E-state index contributed by atoms with van der Waals surface area (Å²) in [4.78, 5) is 21.3. The maximum Gasteiger partial charge on any atom is 0.254 e. The fourth-order valence-electron chi connectivity index (χ4n) is 2.74. The molecular formula is C22H29N3O. The van der Waals surface area contributed by atoms with E-state index in [1.54, 1.807) is 4.90 Å². The van der Waals surface area contributed by atoms with E-state index in [0.29, 0.717) is 6.54 Å². The van der Waals surface area contributed by atoms with Crippen LogP contribution in [0.4, 0.5) is 5.69 Å². The van der Waals surface area contributed by atoms with E-state index in [0.717, 1.165) is 28.9 Å². The standard InChI is InChI=1S/C22H29N3O/c1-7-24(5)15-23-21-13-12-20(17(3)18(21)4)22(26)25(6)14-19-11-9-8-10-16(19)2/h8-13,15H,7,14H2,1-6H3/b23-15+. The van der Waals surface area contributed by atoms with Crippen molar-refractivity contribution in [1.29, 1.82) is 0 Å². The zero-order chi connectivity index (χ0) is 19.3. The van der Waals surface area contributed by atoms with Crippen LogP contribution in [0.1, 0.15) is 39.5 Å². The van der Waals surface area contributed by atoms with Gasteiger partial charge in [0, 0.05) is 32.7 Å². The van der Waals surface area contributed by atoms with Gasteiger partial charge in [-0.05, 0) is 62.1 Å². The molecule has 1 amide bonds. The Bertz CT molecular complexity index is 811. The van der Waals surface area contributed by atoms with Crippen LogP contribution < -0.4 is 0 Å². The number of carbonyl (C=O) groups is 1. The highest BCUT2D eigenvalue weighted by Crippen LogP contribution is 2.25. The molecule has 0 spiro atoms. The molecule has 0 unspecified atom stereocenters. The first kappa shape index (κ1) is 19.7. The summed E-state index contributed by atoms with van der Waals surface area (Å²) < 4.78 is 0. The zero-order valence-corrected chi connectivity index (χ0v) is 16.7. The van der Waals surface area contributed by atoms with Crippen molar-refractivity contribution in [3.8, 4) is 0 Å². The molecule has 0 radical (unpaired) electrons. The molecular weight excluding hydrogens is 322 g/mol. The Balaban J connectivity index is 2.22. The molecule has 0 saturated carbocycles. The molecule has 26 heavy (non-hydrogen) atoms. The molecule has 0 aromatic heterocycles. The van der Waals surface area contributed by atoms with Crippen molar-refractivity contribution in [2.45, 2.75) is 34.2 Å². The molecule has 2 aromatic rings. The van der Waals surface area contributed by atoms with Crippen LogP contribution in [0.15, 0.2) is 41.4 Å². The molecule has 2 rings (SSSR count). The van der Waals surface area contributed by atoms with Crippen LogP contribution >= 0.6 is 0 Å². The topological polar surface area (TPSA) is 35.9 Å². The Morgan fingerprint density at radius 1 is 1.04 bits per heavy atom. The van der Waals surface area contributed by atoms with Crippen LogP contribution in [-0.2, 0) is 6.54 Å². The van der Waals surface area contributed by atoms with Gasteiger partial charge in [0.15, 0.2) is 0 Å². The average molecular weight is 351 g/mol. The average Bonchev–Trinajstić information content (AvgIpc) is 2.64. The van der Waals surface area contributed by atoms with Crippen molar-refractivity contribution in [1.82, 2.24) is 9.80 Å². The van der Waals surface area contributed by atoms with Crippen LogP contribution in [0.5, 0.6) is 0 Å². The van der Waals surface area contributed by atoms with Gasteiger partial charge in [-0.2, -0.15) is 0 Å². The molecule has 0 aliphatic rings. The molecule has 0 heterocycles. The summed E-state index contributed by atoms with van der Waals surface area (Å²) in [6.45, 7) is 9.67. The van der Waals surface area contributed by atoms with Gasteiger partial charge >= 0.3 is 0 Å². The van der Waals surface area contributed by atoms with Gasteiger partial charge in [-0.1, -0.05) is 24.3 Å². The van der Waals surface area contributed by atoms with Crippen LogP contribution in [0, 0.1) is 20.8 Å². The van der Waals surface area contributed by atoms with Crippen molar-refractivity contribution in [2.24, 2.45) is 4.99 Å². The number of rotatable bonds is 6. The number of hydrogen-bond donors (Lipinski definition) is 0. The fraction of sp³-hybridized carbons (Fsp3) is 0.364. The SMILES string of the molecule is CCN(C)/C=N/c1ccc(C(=O)N(C)Cc2ccccc2C)c(C)c1C. The van der Waals surface area contributed by atoms with Crippen molar-refractivity contribution in [2.75, 3.05) is 20.6 Å². The van der Waals surface area contributed by atoms with Gasteiger partial charge in [0.1, 0.15) is 0 Å². The van der Waals surface area contributed by atoms with Gasteiger partial charge in [-0.15, -0.1) is 0 Å². The number of aliphatic imine (C=N–C) groups is 1. The van der Waals surface area contributed by atoms with Crippen molar-refractivity contribution in [3.63, 3.8) is 0 Å². The zero-order valence-electron chi connectivity index (χ0n) is 16.7. The third kappa shape index (κ3) is 4.51. The number of nitrogens with zero attached hydrogens (tertiary/aromatic N) is 3. The molecule has 4 nitrogen and oxygen atoms in total. The van der Waals surface area contributed by atoms with Crippen molar-refractivity contribution in [3.05, 3.63) is 64.2 Å². The Labute approximate surface area is 157 Å². The third-order valence-electron chi connectivity index (χ3n) is 4.90. The Morgan fingerprint density at radius 2 is 1.73 bits per heavy atom. The summed E-state index contributed by atoms with van der Waals surface area (Å²) in [5.74, 6) is 0.0371. The van der Waals surface area contributed by atoms with Gasteiger partial charge in [-0.25, -0.2) is 4.99 Å². The predicted octanol–water partition coefficient (Wildman–Crippen LogP) is 4.50. The van der Waals surface area contributed by atoms with E-state index in [4.69, 9.17) is 0 Å². The van der Waals surface area contributed by atoms with Gasteiger partial charge in [0.25, 0.3) is 5.91 Å². The first-order valence-electron chi connectivity index (χ1n) is 8.99. The number of aryl methyl sites for hydroxylation is 1. The first-order valence-corrected chi connectivity index (χ1v) is 8.99. The summed E-state index contributed by atoms with van der Waals surface area (Å²) in [5, 5.41) is 0. The lowest BCUT2D eigenvalue weighted by atomic mass is 10.0. The molecule has 0 N–H and O–H groups in total. The second kappa shape index (κ2) is 8.65. The van der Waals surface area contributed by atoms with Gasteiger partial charge in [0.2, 0.25) is 0 Å². The van der Waals surface area contributed by atoms with Gasteiger partial charge in [-0.3, -0.25) is 4.79 Å². The van der Waals surface area contributed by atoms with E-state index < -0.39 is 0 Å². The molecule has 4 heteroatoms. The number of carbonyl (C=O) groups excluding carboxylic acids is 1. The van der Waals surface area contributed by atoms with Crippen LogP contribution in [0.25, 0.3) is 0 Å². The van der Waals surface area contributed by atoms with E-state index in [1.165, 1.54) is 11.1 Å². The summed E-state index contributed by atoms with van der Waals surface area (Å²) in [6, 6.07) is 12.0. The van der Waals surface area contributed by atoms with Crippen molar-refractivity contribution >= 4 is 17.9 Å². The lowest BCUT2D eigenvalue weighted by Crippen LogP contribution is -2.27. The lowest BCUT2D eigenvalue weighted by molar-refractivity contribution is 0.0784. The van der Waals surface area contributed by atoms with Gasteiger partial charge in [0.05, 0.1) is 12.0 Å². The normalized spacial score (nSPS) is 11.0. The molecule has 0 fully saturated rings. The van der Waals surface area contributed by atoms with Gasteiger partial charge < -0.3 is 9.80 Å². The van der Waals surface area contributed by atoms with E-state index >= 15 is 0 Å². The molecule has 138 valence electrons. The van der Waals surface area contributed by atoms with E-state index in [9.17, 15) is 4.79 Å². The molecule has 0 atom stereocenters.